The van der Waals surface area contributed by atoms with E-state index in [-0.39, 0.29) is 11.5 Å². The van der Waals surface area contributed by atoms with Crippen LogP contribution in [0.2, 0.25) is 0 Å². The number of rotatable bonds is 7. The molecule has 0 aliphatic carbocycles. The minimum atomic E-state index is -0.810. The van der Waals surface area contributed by atoms with Crippen molar-refractivity contribution in [3.05, 3.63) is 83.2 Å². The van der Waals surface area contributed by atoms with Crippen molar-refractivity contribution in [3.8, 4) is 22.6 Å². The average molecular weight is 393 g/mol. The molecule has 29 heavy (non-hydrogen) atoms. The van der Waals surface area contributed by atoms with Crippen molar-refractivity contribution in [2.24, 2.45) is 5.73 Å². The zero-order chi connectivity index (χ0) is 21.0. The molecule has 3 rings (SSSR count). The molecule has 5 heteroatoms. The Hall–Kier alpha value is -3.34. The van der Waals surface area contributed by atoms with Crippen LogP contribution in [0.1, 0.15) is 41.3 Å². The molecule has 0 unspecified atom stereocenters. The monoisotopic (exact) mass is 393 g/mol. The van der Waals surface area contributed by atoms with Crippen LogP contribution in [0.5, 0.6) is 11.5 Å². The summed E-state index contributed by atoms with van der Waals surface area (Å²) in [5.74, 6) is 0.0185. The van der Waals surface area contributed by atoms with Gasteiger partial charge in [-0.05, 0) is 40.8 Å². The highest BCUT2D eigenvalue weighted by molar-refractivity contribution is 5.94. The number of carbonyl (C=O) groups is 1. The second-order valence-corrected chi connectivity index (χ2v) is 7.08. The molecule has 0 fully saturated rings. The van der Waals surface area contributed by atoms with Crippen LogP contribution in [0, 0.1) is 5.82 Å². The van der Waals surface area contributed by atoms with Crippen molar-refractivity contribution >= 4 is 5.91 Å². The Bertz CT molecular complexity index is 1020. The summed E-state index contributed by atoms with van der Waals surface area (Å²) >= 11 is 0. The van der Waals surface area contributed by atoms with Gasteiger partial charge < -0.3 is 15.2 Å². The number of benzene rings is 3. The van der Waals surface area contributed by atoms with Gasteiger partial charge in [0.15, 0.2) is 0 Å². The molecule has 0 aliphatic rings. The molecule has 3 aromatic carbocycles. The molecule has 0 heterocycles. The quantitative estimate of drug-likeness (QED) is 0.592. The lowest BCUT2D eigenvalue weighted by Crippen LogP contribution is -2.13. The second kappa shape index (κ2) is 8.78. The van der Waals surface area contributed by atoms with Crippen molar-refractivity contribution < 1.29 is 18.7 Å². The van der Waals surface area contributed by atoms with Crippen molar-refractivity contribution in [3.63, 3.8) is 0 Å². The van der Waals surface area contributed by atoms with E-state index in [0.717, 1.165) is 22.4 Å². The lowest BCUT2D eigenvalue weighted by molar-refractivity contribution is 0.0996. The number of nitrogens with two attached hydrogens (primary N) is 1. The minimum absolute atomic E-state index is 0.153. The van der Waals surface area contributed by atoms with Gasteiger partial charge in [0.25, 0.3) is 5.91 Å². The molecule has 0 saturated carbocycles. The van der Waals surface area contributed by atoms with Crippen LogP contribution in [0.15, 0.2) is 60.7 Å². The van der Waals surface area contributed by atoms with E-state index in [4.69, 9.17) is 15.2 Å². The fraction of sp³-hybridized carbons (Fsp3) is 0.208. The van der Waals surface area contributed by atoms with Gasteiger partial charge in [0.05, 0.1) is 12.7 Å². The maximum atomic E-state index is 13.9. The predicted molar refractivity (Wildman–Crippen MR) is 112 cm³/mol. The van der Waals surface area contributed by atoms with E-state index in [1.807, 2.05) is 42.5 Å². The molecule has 0 bridgehead atoms. The highest BCUT2D eigenvalue weighted by Gasteiger charge is 2.18. The highest BCUT2D eigenvalue weighted by atomic mass is 19.1. The Morgan fingerprint density at radius 3 is 2.38 bits per heavy atom. The zero-order valence-electron chi connectivity index (χ0n) is 16.7. The largest absolute Gasteiger partial charge is 0.496 e. The number of carbonyl (C=O) groups excluding carboxylic acids is 1. The lowest BCUT2D eigenvalue weighted by atomic mass is 9.94. The molecule has 3 aromatic rings. The number of hydrogen-bond acceptors (Lipinski definition) is 3. The summed E-state index contributed by atoms with van der Waals surface area (Å²) < 4.78 is 25.6. The van der Waals surface area contributed by atoms with E-state index in [1.165, 1.54) is 12.1 Å². The first-order chi connectivity index (χ1) is 13.9. The molecule has 0 radical (unpaired) electrons. The molecular formula is C24H24FNO3. The Balaban J connectivity index is 2.04. The standard InChI is InChI=1S/C24H24FNO3/c1-15(2)18-12-19(17-9-10-21(25)20(11-17)24(26)27)22(28-3)13-23(18)29-14-16-7-5-4-6-8-16/h4-13,15H,14H2,1-3H3,(H2,26,27). The van der Waals surface area contributed by atoms with Gasteiger partial charge in [0.2, 0.25) is 0 Å². The number of primary amides is 1. The van der Waals surface area contributed by atoms with Gasteiger partial charge in [-0.3, -0.25) is 4.79 Å². The SMILES string of the molecule is COc1cc(OCc2ccccc2)c(C(C)C)cc1-c1ccc(F)c(C(N)=O)c1. The number of amides is 1. The molecule has 4 nitrogen and oxygen atoms in total. The topological polar surface area (TPSA) is 61.6 Å². The first kappa shape index (κ1) is 20.4. The van der Waals surface area contributed by atoms with Crippen LogP contribution in [-0.4, -0.2) is 13.0 Å². The summed E-state index contributed by atoms with van der Waals surface area (Å²) in [4.78, 5) is 11.5. The normalized spacial score (nSPS) is 10.8. The Morgan fingerprint density at radius 2 is 1.76 bits per heavy atom. The van der Waals surface area contributed by atoms with Gasteiger partial charge in [-0.25, -0.2) is 4.39 Å². The third-order valence-electron chi connectivity index (χ3n) is 4.73. The van der Waals surface area contributed by atoms with Crippen LogP contribution >= 0.6 is 0 Å². The summed E-state index contributed by atoms with van der Waals surface area (Å²) in [6.45, 7) is 4.58. The summed E-state index contributed by atoms with van der Waals surface area (Å²) in [5, 5.41) is 0. The average Bonchev–Trinajstić information content (AvgIpc) is 2.72. The Labute approximate surface area is 170 Å². The number of hydrogen-bond donors (Lipinski definition) is 1. The van der Waals surface area contributed by atoms with E-state index >= 15 is 0 Å². The van der Waals surface area contributed by atoms with Gasteiger partial charge in [-0.15, -0.1) is 0 Å². The molecule has 2 N–H and O–H groups in total. The molecule has 150 valence electrons. The Kier molecular flexibility index (Phi) is 6.17. The van der Waals surface area contributed by atoms with Crippen LogP contribution in [0.4, 0.5) is 4.39 Å². The summed E-state index contributed by atoms with van der Waals surface area (Å²) in [7, 11) is 1.56. The van der Waals surface area contributed by atoms with Crippen LogP contribution in [0.3, 0.4) is 0 Å². The number of methoxy groups -OCH3 is 1. The first-order valence-electron chi connectivity index (χ1n) is 9.39. The number of ether oxygens (including phenoxy) is 2. The maximum absolute atomic E-state index is 13.9. The van der Waals surface area contributed by atoms with Crippen molar-refractivity contribution in [1.82, 2.24) is 0 Å². The van der Waals surface area contributed by atoms with Gasteiger partial charge in [-0.1, -0.05) is 50.2 Å². The van der Waals surface area contributed by atoms with Gasteiger partial charge in [0.1, 0.15) is 23.9 Å². The van der Waals surface area contributed by atoms with E-state index < -0.39 is 11.7 Å². The van der Waals surface area contributed by atoms with E-state index in [1.54, 1.807) is 13.2 Å². The van der Waals surface area contributed by atoms with Gasteiger partial charge in [-0.2, -0.15) is 0 Å². The molecule has 0 atom stereocenters. The van der Waals surface area contributed by atoms with Crippen molar-refractivity contribution in [2.75, 3.05) is 7.11 Å². The third-order valence-corrected chi connectivity index (χ3v) is 4.73. The van der Waals surface area contributed by atoms with Crippen LogP contribution in [-0.2, 0) is 6.61 Å². The molecule has 0 saturated heterocycles. The van der Waals surface area contributed by atoms with E-state index in [9.17, 15) is 9.18 Å². The summed E-state index contributed by atoms with van der Waals surface area (Å²) in [6, 6.07) is 18.0. The molecule has 0 aromatic heterocycles. The zero-order valence-corrected chi connectivity index (χ0v) is 16.7. The van der Waals surface area contributed by atoms with Crippen LogP contribution in [0.25, 0.3) is 11.1 Å². The minimum Gasteiger partial charge on any atom is -0.496 e. The predicted octanol–water partition coefficient (Wildman–Crippen LogP) is 5.30. The maximum Gasteiger partial charge on any atom is 0.251 e. The molecule has 1 amide bonds. The van der Waals surface area contributed by atoms with Crippen molar-refractivity contribution in [2.45, 2.75) is 26.4 Å². The smallest absolute Gasteiger partial charge is 0.251 e. The third kappa shape index (κ3) is 4.57. The summed E-state index contributed by atoms with van der Waals surface area (Å²) in [6.07, 6.45) is 0. The fourth-order valence-corrected chi connectivity index (χ4v) is 3.17. The van der Waals surface area contributed by atoms with E-state index in [0.29, 0.717) is 17.9 Å². The van der Waals surface area contributed by atoms with Gasteiger partial charge >= 0.3 is 0 Å². The van der Waals surface area contributed by atoms with E-state index in [2.05, 4.69) is 13.8 Å². The van der Waals surface area contributed by atoms with Crippen LogP contribution < -0.4 is 15.2 Å². The van der Waals surface area contributed by atoms with Crippen molar-refractivity contribution in [1.29, 1.82) is 0 Å². The number of halogens is 1. The highest BCUT2D eigenvalue weighted by Crippen LogP contribution is 2.39. The fourth-order valence-electron chi connectivity index (χ4n) is 3.17. The summed E-state index contributed by atoms with van der Waals surface area (Å²) in [5.41, 5.74) is 8.59. The molecule has 0 aliphatic heterocycles. The first-order valence-corrected chi connectivity index (χ1v) is 9.39. The molecule has 0 spiro atoms. The lowest BCUT2D eigenvalue weighted by Gasteiger charge is -2.19. The Morgan fingerprint density at radius 1 is 1.03 bits per heavy atom. The second-order valence-electron chi connectivity index (χ2n) is 7.08. The molecular weight excluding hydrogens is 369 g/mol. The van der Waals surface area contributed by atoms with Gasteiger partial charge in [0, 0.05) is 11.6 Å².